The van der Waals surface area contributed by atoms with Gasteiger partial charge in [0.05, 0.1) is 30.6 Å². The lowest BCUT2D eigenvalue weighted by Crippen LogP contribution is -2.15. The van der Waals surface area contributed by atoms with Crippen molar-refractivity contribution in [2.24, 2.45) is 0 Å². The van der Waals surface area contributed by atoms with Crippen molar-refractivity contribution in [2.45, 2.75) is 31.9 Å². The Morgan fingerprint density at radius 3 is 3.00 bits per heavy atom. The van der Waals surface area contributed by atoms with E-state index < -0.39 is 0 Å². The lowest BCUT2D eigenvalue weighted by atomic mass is 10.2. The lowest BCUT2D eigenvalue weighted by molar-refractivity contribution is -0.113. The molecule has 2 heterocycles. The summed E-state index contributed by atoms with van der Waals surface area (Å²) in [4.78, 5) is 34.4. The number of hydrogen-bond acceptors (Lipinski definition) is 7. The van der Waals surface area contributed by atoms with Crippen LogP contribution in [0.3, 0.4) is 0 Å². The summed E-state index contributed by atoms with van der Waals surface area (Å²) in [5.41, 5.74) is 1.75. The molecule has 158 valence electrons. The molecule has 4 rings (SSSR count). The molecule has 0 radical (unpaired) electrons. The number of nitrogens with one attached hydrogen (secondary N) is 2. The molecule has 0 spiro atoms. The van der Waals surface area contributed by atoms with Crippen LogP contribution in [0.4, 0.5) is 5.69 Å². The summed E-state index contributed by atoms with van der Waals surface area (Å²) >= 11 is 3.03. The summed E-state index contributed by atoms with van der Waals surface area (Å²) in [5.74, 6) is 2.39. The third-order valence-corrected chi connectivity index (χ3v) is 6.97. The molecular formula is C21H23N3O4S2. The number of benzene rings is 1. The number of nitrogens with zero attached hydrogens (tertiary/aromatic N) is 1. The second-order valence-electron chi connectivity index (χ2n) is 6.89. The predicted octanol–water partition coefficient (Wildman–Crippen LogP) is 3.75. The first kappa shape index (κ1) is 20.7. The van der Waals surface area contributed by atoms with Crippen molar-refractivity contribution < 1.29 is 14.3 Å². The molecule has 0 atom stereocenters. The van der Waals surface area contributed by atoms with Gasteiger partial charge in [0.25, 0.3) is 5.56 Å². The number of carbonyl (C=O) groups is 1. The summed E-state index contributed by atoms with van der Waals surface area (Å²) in [6.07, 6.45) is 3.12. The third-order valence-electron chi connectivity index (χ3n) is 4.84. The predicted molar refractivity (Wildman–Crippen MR) is 121 cm³/mol. The largest absolute Gasteiger partial charge is 0.493 e. The molecule has 1 aromatic carbocycles. The normalized spacial score (nSPS) is 12.7. The molecular weight excluding hydrogens is 422 g/mol. The molecule has 7 nitrogen and oxygen atoms in total. The minimum atomic E-state index is -0.135. The molecule has 1 aliphatic rings. The van der Waals surface area contributed by atoms with E-state index in [1.54, 1.807) is 36.6 Å². The van der Waals surface area contributed by atoms with Gasteiger partial charge in [-0.2, -0.15) is 0 Å². The third kappa shape index (κ3) is 4.32. The molecule has 0 fully saturated rings. The summed E-state index contributed by atoms with van der Waals surface area (Å²) in [7, 11) is 1.56. The van der Waals surface area contributed by atoms with Crippen molar-refractivity contribution in [1.82, 2.24) is 9.97 Å². The molecule has 0 saturated carbocycles. The number of methoxy groups -OCH3 is 1. The zero-order valence-electron chi connectivity index (χ0n) is 16.9. The summed E-state index contributed by atoms with van der Waals surface area (Å²) in [6.45, 7) is 2.44. The topological polar surface area (TPSA) is 93.3 Å². The molecule has 2 aromatic heterocycles. The van der Waals surface area contributed by atoms with Gasteiger partial charge >= 0.3 is 0 Å². The zero-order valence-corrected chi connectivity index (χ0v) is 18.5. The van der Waals surface area contributed by atoms with Crippen LogP contribution < -0.4 is 20.3 Å². The fourth-order valence-electron chi connectivity index (χ4n) is 3.57. The average molecular weight is 446 g/mol. The number of rotatable bonds is 8. The van der Waals surface area contributed by atoms with E-state index in [1.165, 1.54) is 22.2 Å². The number of thioether (sulfide) groups is 1. The number of amides is 1. The van der Waals surface area contributed by atoms with E-state index in [0.29, 0.717) is 35.4 Å². The van der Waals surface area contributed by atoms with Crippen molar-refractivity contribution in [3.63, 3.8) is 0 Å². The fourth-order valence-corrected chi connectivity index (χ4v) is 5.54. The molecule has 3 aromatic rings. The van der Waals surface area contributed by atoms with Gasteiger partial charge in [0, 0.05) is 16.6 Å². The van der Waals surface area contributed by atoms with Crippen molar-refractivity contribution in [3.8, 4) is 11.5 Å². The second kappa shape index (κ2) is 9.09. The number of aryl methyl sites for hydroxylation is 2. The number of thiophene rings is 1. The van der Waals surface area contributed by atoms with Gasteiger partial charge in [-0.1, -0.05) is 0 Å². The van der Waals surface area contributed by atoms with Crippen LogP contribution in [0.2, 0.25) is 0 Å². The van der Waals surface area contributed by atoms with Gasteiger partial charge in [0.15, 0.2) is 11.5 Å². The molecule has 2 N–H and O–H groups in total. The highest BCUT2D eigenvalue weighted by Gasteiger charge is 2.21. The van der Waals surface area contributed by atoms with Gasteiger partial charge in [-0.3, -0.25) is 9.59 Å². The van der Waals surface area contributed by atoms with E-state index in [4.69, 9.17) is 9.47 Å². The Hall–Kier alpha value is -2.52. The standard InChI is InChI=1S/C21H23N3O4S2/c1-3-28-14-8-7-12(9-15(14)27-2)22-18(25)11-29-10-17-23-20(26)19-13-5-4-6-16(13)30-21(19)24-17/h7-9H,3-6,10-11H2,1-2H3,(H,22,25)(H,23,24,26). The van der Waals surface area contributed by atoms with Crippen molar-refractivity contribution in [3.05, 3.63) is 44.8 Å². The Bertz CT molecular complexity index is 1140. The Morgan fingerprint density at radius 2 is 2.20 bits per heavy atom. The number of ether oxygens (including phenoxy) is 2. The number of anilines is 1. The maximum Gasteiger partial charge on any atom is 0.259 e. The number of H-pyrrole nitrogens is 1. The SMILES string of the molecule is CCOc1ccc(NC(=O)CSCc2nc3sc4c(c3c(=O)[nH]2)CCC4)cc1OC. The lowest BCUT2D eigenvalue weighted by Gasteiger charge is -2.11. The fraction of sp³-hybridized carbons (Fsp3) is 0.381. The number of aromatic nitrogens is 2. The second-order valence-corrected chi connectivity index (χ2v) is 8.96. The maximum absolute atomic E-state index is 12.5. The monoisotopic (exact) mass is 445 g/mol. The van der Waals surface area contributed by atoms with Crippen LogP contribution in [-0.2, 0) is 23.4 Å². The van der Waals surface area contributed by atoms with E-state index in [0.717, 1.165) is 29.5 Å². The highest BCUT2D eigenvalue weighted by atomic mass is 32.2. The molecule has 30 heavy (non-hydrogen) atoms. The number of fused-ring (bicyclic) bond motifs is 3. The van der Waals surface area contributed by atoms with Crippen molar-refractivity contribution >= 4 is 44.9 Å². The summed E-state index contributed by atoms with van der Waals surface area (Å²) in [5, 5.41) is 3.61. The molecule has 0 saturated heterocycles. The Labute approximate surface area is 182 Å². The van der Waals surface area contributed by atoms with Gasteiger partial charge in [-0.25, -0.2) is 4.98 Å². The van der Waals surface area contributed by atoms with Gasteiger partial charge in [-0.05, 0) is 43.9 Å². The van der Waals surface area contributed by atoms with Crippen LogP contribution in [0.15, 0.2) is 23.0 Å². The van der Waals surface area contributed by atoms with Gasteiger partial charge in [0.2, 0.25) is 5.91 Å². The minimum Gasteiger partial charge on any atom is -0.493 e. The summed E-state index contributed by atoms with van der Waals surface area (Å²) in [6, 6.07) is 5.28. The van der Waals surface area contributed by atoms with Crippen LogP contribution in [-0.4, -0.2) is 35.3 Å². The molecule has 0 aliphatic heterocycles. The Morgan fingerprint density at radius 1 is 1.33 bits per heavy atom. The van der Waals surface area contributed by atoms with E-state index in [9.17, 15) is 9.59 Å². The molecule has 0 bridgehead atoms. The maximum atomic E-state index is 12.5. The smallest absolute Gasteiger partial charge is 0.259 e. The first-order chi connectivity index (χ1) is 14.6. The van der Waals surface area contributed by atoms with Gasteiger partial charge in [0.1, 0.15) is 10.7 Å². The first-order valence-corrected chi connectivity index (χ1v) is 11.8. The molecule has 1 amide bonds. The minimum absolute atomic E-state index is 0.0686. The van der Waals surface area contributed by atoms with Crippen LogP contribution in [0.5, 0.6) is 11.5 Å². The first-order valence-electron chi connectivity index (χ1n) is 9.81. The average Bonchev–Trinajstić information content (AvgIpc) is 3.30. The van der Waals surface area contributed by atoms with Gasteiger partial charge in [-0.15, -0.1) is 23.1 Å². The Kier molecular flexibility index (Phi) is 6.29. The molecule has 9 heteroatoms. The highest BCUT2D eigenvalue weighted by molar-refractivity contribution is 7.99. The van der Waals surface area contributed by atoms with Crippen LogP contribution >= 0.6 is 23.1 Å². The van der Waals surface area contributed by atoms with E-state index in [2.05, 4.69) is 15.3 Å². The number of hydrogen-bond donors (Lipinski definition) is 2. The van der Waals surface area contributed by atoms with E-state index >= 15 is 0 Å². The van der Waals surface area contributed by atoms with Crippen molar-refractivity contribution in [1.29, 1.82) is 0 Å². The quantitative estimate of drug-likeness (QED) is 0.549. The van der Waals surface area contributed by atoms with Gasteiger partial charge < -0.3 is 19.8 Å². The highest BCUT2D eigenvalue weighted by Crippen LogP contribution is 2.34. The number of carbonyl (C=O) groups excluding carboxylic acids is 1. The van der Waals surface area contributed by atoms with Crippen molar-refractivity contribution in [2.75, 3.05) is 24.8 Å². The van der Waals surface area contributed by atoms with Crippen LogP contribution in [0.1, 0.15) is 29.6 Å². The van der Waals surface area contributed by atoms with E-state index in [-0.39, 0.29) is 17.2 Å². The Balaban J connectivity index is 1.35. The zero-order chi connectivity index (χ0) is 21.1. The number of aromatic amines is 1. The van der Waals surface area contributed by atoms with Crippen LogP contribution in [0, 0.1) is 0 Å². The van der Waals surface area contributed by atoms with Crippen LogP contribution in [0.25, 0.3) is 10.2 Å². The summed E-state index contributed by atoms with van der Waals surface area (Å²) < 4.78 is 10.8. The van der Waals surface area contributed by atoms with E-state index in [1.807, 2.05) is 6.92 Å². The molecule has 1 aliphatic carbocycles. The molecule has 0 unspecified atom stereocenters.